The van der Waals surface area contributed by atoms with Crippen LogP contribution < -0.4 is 15.4 Å². The fraction of sp³-hybridized carbons (Fsp3) is 0.412. The quantitative estimate of drug-likeness (QED) is 0.801. The molecule has 1 saturated heterocycles. The monoisotopic (exact) mass is 315 g/mol. The molecule has 0 radical (unpaired) electrons. The van der Waals surface area contributed by atoms with Gasteiger partial charge in [0, 0.05) is 24.7 Å². The van der Waals surface area contributed by atoms with E-state index in [1.807, 2.05) is 30.3 Å². The summed E-state index contributed by atoms with van der Waals surface area (Å²) >= 11 is 0. The maximum Gasteiger partial charge on any atom is 0.315 e. The highest BCUT2D eigenvalue weighted by molar-refractivity contribution is 5.79. The topological polar surface area (TPSA) is 72.5 Å². The lowest BCUT2D eigenvalue weighted by atomic mass is 10.2. The van der Waals surface area contributed by atoms with Crippen LogP contribution >= 0.6 is 0 Å². The molecule has 1 aromatic carbocycles. The first kappa shape index (κ1) is 15.6. The Balaban J connectivity index is 1.36. The maximum atomic E-state index is 11.6. The SMILES string of the molecule is O=C(NCCOc1ccc2ncccc2c1)NCC1CCCO1. The lowest BCUT2D eigenvalue weighted by molar-refractivity contribution is 0.111. The third-order valence-corrected chi connectivity index (χ3v) is 3.75. The van der Waals surface area contributed by atoms with E-state index in [9.17, 15) is 4.79 Å². The van der Waals surface area contributed by atoms with E-state index in [1.165, 1.54) is 0 Å². The summed E-state index contributed by atoms with van der Waals surface area (Å²) in [4.78, 5) is 15.9. The summed E-state index contributed by atoms with van der Waals surface area (Å²) in [6.07, 6.45) is 4.01. The number of carbonyl (C=O) groups excluding carboxylic acids is 1. The minimum atomic E-state index is -0.188. The van der Waals surface area contributed by atoms with Crippen LogP contribution in [0.3, 0.4) is 0 Å². The molecule has 0 saturated carbocycles. The van der Waals surface area contributed by atoms with Crippen LogP contribution in [-0.2, 0) is 4.74 Å². The first-order valence-corrected chi connectivity index (χ1v) is 7.92. The third kappa shape index (κ3) is 4.56. The van der Waals surface area contributed by atoms with Crippen LogP contribution in [0.25, 0.3) is 10.9 Å². The second-order valence-corrected chi connectivity index (χ2v) is 5.48. The van der Waals surface area contributed by atoms with Crippen molar-refractivity contribution in [3.8, 4) is 5.75 Å². The van der Waals surface area contributed by atoms with Crippen molar-refractivity contribution in [1.29, 1.82) is 0 Å². The standard InChI is InChI=1S/C17H21N3O3/c21-17(20-12-15-4-2-9-22-15)19-8-10-23-14-5-6-16-13(11-14)3-1-7-18-16/h1,3,5-7,11,15H,2,4,8-10,12H2,(H2,19,20,21). The number of rotatable bonds is 6. The first-order valence-electron chi connectivity index (χ1n) is 7.92. The van der Waals surface area contributed by atoms with Crippen molar-refractivity contribution >= 4 is 16.9 Å². The molecule has 6 heteroatoms. The zero-order valence-electron chi connectivity index (χ0n) is 13.0. The van der Waals surface area contributed by atoms with Gasteiger partial charge >= 0.3 is 6.03 Å². The van der Waals surface area contributed by atoms with Crippen molar-refractivity contribution in [2.24, 2.45) is 0 Å². The van der Waals surface area contributed by atoms with Gasteiger partial charge in [-0.3, -0.25) is 4.98 Å². The number of pyridine rings is 1. The summed E-state index contributed by atoms with van der Waals surface area (Å²) in [5, 5.41) is 6.61. The molecule has 2 heterocycles. The molecular formula is C17H21N3O3. The second kappa shape index (κ2) is 7.78. The van der Waals surface area contributed by atoms with Crippen molar-refractivity contribution < 1.29 is 14.3 Å². The van der Waals surface area contributed by atoms with Gasteiger partial charge in [-0.15, -0.1) is 0 Å². The van der Waals surface area contributed by atoms with E-state index < -0.39 is 0 Å². The number of fused-ring (bicyclic) bond motifs is 1. The minimum absolute atomic E-state index is 0.156. The molecule has 122 valence electrons. The van der Waals surface area contributed by atoms with Crippen molar-refractivity contribution in [3.63, 3.8) is 0 Å². The second-order valence-electron chi connectivity index (χ2n) is 5.48. The molecule has 2 aromatic rings. The molecule has 1 unspecified atom stereocenters. The van der Waals surface area contributed by atoms with Crippen molar-refractivity contribution in [3.05, 3.63) is 36.5 Å². The maximum absolute atomic E-state index is 11.6. The summed E-state index contributed by atoms with van der Waals surface area (Å²) in [5.41, 5.74) is 0.937. The highest BCUT2D eigenvalue weighted by Crippen LogP contribution is 2.18. The van der Waals surface area contributed by atoms with Gasteiger partial charge in [0.25, 0.3) is 0 Å². The van der Waals surface area contributed by atoms with E-state index >= 15 is 0 Å². The Kier molecular flexibility index (Phi) is 5.26. The van der Waals surface area contributed by atoms with E-state index in [4.69, 9.17) is 9.47 Å². The average molecular weight is 315 g/mol. The Morgan fingerprint density at radius 1 is 1.35 bits per heavy atom. The number of nitrogens with zero attached hydrogens (tertiary/aromatic N) is 1. The van der Waals surface area contributed by atoms with Gasteiger partial charge in [0.15, 0.2) is 0 Å². The average Bonchev–Trinajstić information content (AvgIpc) is 3.10. The predicted octanol–water partition coefficient (Wildman–Crippen LogP) is 2.09. The van der Waals surface area contributed by atoms with Crippen LogP contribution in [0.4, 0.5) is 4.79 Å². The van der Waals surface area contributed by atoms with E-state index in [-0.39, 0.29) is 12.1 Å². The lowest BCUT2D eigenvalue weighted by Gasteiger charge is -2.12. The smallest absolute Gasteiger partial charge is 0.315 e. The van der Waals surface area contributed by atoms with Crippen LogP contribution in [0.15, 0.2) is 36.5 Å². The highest BCUT2D eigenvalue weighted by atomic mass is 16.5. The van der Waals surface area contributed by atoms with Gasteiger partial charge in [-0.05, 0) is 37.1 Å². The molecule has 3 rings (SSSR count). The number of ether oxygens (including phenoxy) is 2. The summed E-state index contributed by atoms with van der Waals surface area (Å²) in [5.74, 6) is 0.770. The molecule has 6 nitrogen and oxygen atoms in total. The number of aromatic nitrogens is 1. The van der Waals surface area contributed by atoms with Gasteiger partial charge in [-0.25, -0.2) is 4.79 Å². The molecular weight excluding hydrogens is 294 g/mol. The molecule has 1 aliphatic rings. The van der Waals surface area contributed by atoms with E-state index in [1.54, 1.807) is 6.20 Å². The molecule has 1 atom stereocenters. The van der Waals surface area contributed by atoms with Gasteiger partial charge in [-0.2, -0.15) is 0 Å². The molecule has 0 bridgehead atoms. The summed E-state index contributed by atoms with van der Waals surface area (Å²) < 4.78 is 11.1. The number of benzene rings is 1. The number of hydrogen-bond donors (Lipinski definition) is 2. The zero-order valence-corrected chi connectivity index (χ0v) is 13.0. The van der Waals surface area contributed by atoms with Gasteiger partial charge in [-0.1, -0.05) is 6.07 Å². The normalized spacial score (nSPS) is 17.1. The van der Waals surface area contributed by atoms with E-state index in [0.29, 0.717) is 19.7 Å². The summed E-state index contributed by atoms with van der Waals surface area (Å²) in [6, 6.07) is 9.45. The van der Waals surface area contributed by atoms with Crippen LogP contribution in [0.5, 0.6) is 5.75 Å². The molecule has 1 aliphatic heterocycles. The van der Waals surface area contributed by atoms with Gasteiger partial charge in [0.1, 0.15) is 12.4 Å². The number of urea groups is 1. The zero-order chi connectivity index (χ0) is 15.9. The third-order valence-electron chi connectivity index (χ3n) is 3.75. The van der Waals surface area contributed by atoms with Gasteiger partial charge in [0.2, 0.25) is 0 Å². The first-order chi connectivity index (χ1) is 11.3. The lowest BCUT2D eigenvalue weighted by Crippen LogP contribution is -2.41. The van der Waals surface area contributed by atoms with Crippen molar-refractivity contribution in [2.45, 2.75) is 18.9 Å². The van der Waals surface area contributed by atoms with Gasteiger partial charge in [0.05, 0.1) is 18.2 Å². The molecule has 0 aliphatic carbocycles. The number of nitrogens with one attached hydrogen (secondary N) is 2. The number of carbonyl (C=O) groups is 1. The summed E-state index contributed by atoms with van der Waals surface area (Å²) in [6.45, 7) is 2.22. The van der Waals surface area contributed by atoms with Crippen molar-refractivity contribution in [1.82, 2.24) is 15.6 Å². The number of amides is 2. The van der Waals surface area contributed by atoms with Crippen molar-refractivity contribution in [2.75, 3.05) is 26.3 Å². The predicted molar refractivity (Wildman–Crippen MR) is 87.6 cm³/mol. The molecule has 2 amide bonds. The number of hydrogen-bond acceptors (Lipinski definition) is 4. The largest absolute Gasteiger partial charge is 0.492 e. The minimum Gasteiger partial charge on any atom is -0.492 e. The van der Waals surface area contributed by atoms with Crippen LogP contribution in [0.2, 0.25) is 0 Å². The Bertz CT molecular complexity index is 656. The van der Waals surface area contributed by atoms with Crippen LogP contribution in [-0.4, -0.2) is 43.4 Å². The molecule has 1 aromatic heterocycles. The van der Waals surface area contributed by atoms with Crippen LogP contribution in [0.1, 0.15) is 12.8 Å². The molecule has 23 heavy (non-hydrogen) atoms. The Labute approximate surface area is 135 Å². The molecule has 1 fully saturated rings. The molecule has 2 N–H and O–H groups in total. The Morgan fingerprint density at radius 2 is 2.30 bits per heavy atom. The van der Waals surface area contributed by atoms with Gasteiger partial charge < -0.3 is 20.1 Å². The Morgan fingerprint density at radius 3 is 3.17 bits per heavy atom. The Hall–Kier alpha value is -2.34. The summed E-state index contributed by atoms with van der Waals surface area (Å²) in [7, 11) is 0. The fourth-order valence-corrected chi connectivity index (χ4v) is 2.55. The molecule has 0 spiro atoms. The fourth-order valence-electron chi connectivity index (χ4n) is 2.55. The van der Waals surface area contributed by atoms with Crippen LogP contribution in [0, 0.1) is 0 Å². The highest BCUT2D eigenvalue weighted by Gasteiger charge is 2.15. The van der Waals surface area contributed by atoms with E-state index in [2.05, 4.69) is 15.6 Å². The van der Waals surface area contributed by atoms with E-state index in [0.717, 1.165) is 36.1 Å².